The molecule has 21 heavy (non-hydrogen) atoms. The smallest absolute Gasteiger partial charge is 0.248 e. The molecule has 0 bridgehead atoms. The Kier molecular flexibility index (Phi) is 4.69. The molecule has 0 aliphatic rings. The van der Waals surface area contributed by atoms with Crippen LogP contribution in [0.25, 0.3) is 11.4 Å². The van der Waals surface area contributed by atoms with E-state index in [2.05, 4.69) is 36.2 Å². The van der Waals surface area contributed by atoms with Crippen molar-refractivity contribution in [3.8, 4) is 11.4 Å². The highest BCUT2D eigenvalue weighted by Crippen LogP contribution is 2.23. The standard InChI is InChI=1S/C12H9BrFN5O.ClH/c1-7-15-6-19(17-7)5-11-16-12(18-20-11)9-3-2-8(13)4-10(9)14;/h2-4,6H,5H2,1H3;1H. The number of halogens is 3. The molecule has 3 rings (SSSR count). The first kappa shape index (κ1) is 15.6. The van der Waals surface area contributed by atoms with E-state index in [0.29, 0.717) is 22.7 Å². The van der Waals surface area contributed by atoms with Crippen LogP contribution in [-0.4, -0.2) is 24.9 Å². The first-order chi connectivity index (χ1) is 9.61. The molecule has 0 N–H and O–H groups in total. The summed E-state index contributed by atoms with van der Waals surface area (Å²) in [7, 11) is 0. The minimum Gasteiger partial charge on any atom is -0.337 e. The van der Waals surface area contributed by atoms with Gasteiger partial charge in [0.2, 0.25) is 11.7 Å². The summed E-state index contributed by atoms with van der Waals surface area (Å²) in [5.74, 6) is 0.793. The van der Waals surface area contributed by atoms with Gasteiger partial charge in [0.15, 0.2) is 0 Å². The third-order valence-corrected chi connectivity index (χ3v) is 3.08. The highest BCUT2D eigenvalue weighted by Gasteiger charge is 2.13. The van der Waals surface area contributed by atoms with Crippen molar-refractivity contribution in [2.24, 2.45) is 0 Å². The van der Waals surface area contributed by atoms with Gasteiger partial charge in [0.25, 0.3) is 0 Å². The van der Waals surface area contributed by atoms with E-state index < -0.39 is 5.82 Å². The lowest BCUT2D eigenvalue weighted by Crippen LogP contribution is -2.00. The van der Waals surface area contributed by atoms with Gasteiger partial charge in [-0.15, -0.1) is 12.4 Å². The second-order valence-electron chi connectivity index (χ2n) is 4.13. The van der Waals surface area contributed by atoms with Crippen LogP contribution in [0, 0.1) is 12.7 Å². The predicted molar refractivity (Wildman–Crippen MR) is 78.5 cm³/mol. The number of rotatable bonds is 3. The number of aryl methyl sites for hydroxylation is 1. The Morgan fingerprint density at radius 2 is 2.19 bits per heavy atom. The first-order valence-corrected chi connectivity index (χ1v) is 6.55. The molecule has 9 heteroatoms. The van der Waals surface area contributed by atoms with Gasteiger partial charge in [-0.1, -0.05) is 21.1 Å². The van der Waals surface area contributed by atoms with E-state index in [0.717, 1.165) is 0 Å². The van der Waals surface area contributed by atoms with E-state index in [9.17, 15) is 4.39 Å². The second kappa shape index (κ2) is 6.31. The molecule has 3 aromatic rings. The van der Waals surface area contributed by atoms with Crippen molar-refractivity contribution >= 4 is 28.3 Å². The summed E-state index contributed by atoms with van der Waals surface area (Å²) in [5.41, 5.74) is 0.290. The monoisotopic (exact) mass is 373 g/mol. The maximum atomic E-state index is 13.8. The zero-order valence-corrected chi connectivity index (χ0v) is 13.2. The van der Waals surface area contributed by atoms with Gasteiger partial charge in [0.1, 0.15) is 24.5 Å². The third kappa shape index (κ3) is 3.45. The number of benzene rings is 1. The van der Waals surface area contributed by atoms with E-state index in [4.69, 9.17) is 4.52 Å². The fourth-order valence-electron chi connectivity index (χ4n) is 1.70. The summed E-state index contributed by atoms with van der Waals surface area (Å²) in [5, 5.41) is 7.89. The lowest BCUT2D eigenvalue weighted by Gasteiger charge is -1.97. The van der Waals surface area contributed by atoms with E-state index in [-0.39, 0.29) is 23.8 Å². The molecule has 0 saturated carbocycles. The minimum absolute atomic E-state index is 0. The van der Waals surface area contributed by atoms with Gasteiger partial charge in [-0.05, 0) is 25.1 Å². The van der Waals surface area contributed by atoms with Crippen molar-refractivity contribution in [3.05, 3.63) is 46.5 Å². The van der Waals surface area contributed by atoms with E-state index in [1.165, 1.54) is 6.07 Å². The van der Waals surface area contributed by atoms with Crippen LogP contribution in [0.2, 0.25) is 0 Å². The molecule has 0 unspecified atom stereocenters. The van der Waals surface area contributed by atoms with Gasteiger partial charge in [-0.3, -0.25) is 0 Å². The van der Waals surface area contributed by atoms with Crippen LogP contribution in [0.1, 0.15) is 11.7 Å². The molecule has 0 spiro atoms. The summed E-state index contributed by atoms with van der Waals surface area (Å²) >= 11 is 3.20. The van der Waals surface area contributed by atoms with Crippen LogP contribution in [0.5, 0.6) is 0 Å². The average molecular weight is 375 g/mol. The molecule has 2 aromatic heterocycles. The molecule has 0 amide bonds. The summed E-state index contributed by atoms with van der Waals surface area (Å²) in [4.78, 5) is 8.15. The summed E-state index contributed by atoms with van der Waals surface area (Å²) < 4.78 is 21.1. The normalized spacial score (nSPS) is 10.4. The largest absolute Gasteiger partial charge is 0.337 e. The van der Waals surface area contributed by atoms with E-state index in [1.807, 2.05) is 0 Å². The van der Waals surface area contributed by atoms with Gasteiger partial charge in [-0.2, -0.15) is 10.1 Å². The third-order valence-electron chi connectivity index (χ3n) is 2.59. The van der Waals surface area contributed by atoms with Crippen molar-refractivity contribution in [1.82, 2.24) is 24.9 Å². The Balaban J connectivity index is 0.00000161. The summed E-state index contributed by atoms with van der Waals surface area (Å²) in [6, 6.07) is 4.66. The summed E-state index contributed by atoms with van der Waals surface area (Å²) in [6.07, 6.45) is 1.57. The van der Waals surface area contributed by atoms with Crippen molar-refractivity contribution in [2.75, 3.05) is 0 Å². The van der Waals surface area contributed by atoms with Crippen LogP contribution in [0.15, 0.2) is 33.5 Å². The van der Waals surface area contributed by atoms with Crippen molar-refractivity contribution in [2.45, 2.75) is 13.5 Å². The molecule has 6 nitrogen and oxygen atoms in total. The Hall–Kier alpha value is -1.80. The van der Waals surface area contributed by atoms with Crippen LogP contribution in [0.3, 0.4) is 0 Å². The number of aromatic nitrogens is 5. The highest BCUT2D eigenvalue weighted by molar-refractivity contribution is 9.10. The summed E-state index contributed by atoms with van der Waals surface area (Å²) in [6.45, 7) is 2.08. The van der Waals surface area contributed by atoms with E-state index in [1.54, 1.807) is 30.1 Å². The van der Waals surface area contributed by atoms with Crippen molar-refractivity contribution in [1.29, 1.82) is 0 Å². The molecular weight excluding hydrogens is 365 g/mol. The molecule has 0 atom stereocenters. The zero-order chi connectivity index (χ0) is 14.1. The number of nitrogens with zero attached hydrogens (tertiary/aromatic N) is 5. The Morgan fingerprint density at radius 3 is 2.86 bits per heavy atom. The lowest BCUT2D eigenvalue weighted by atomic mass is 10.2. The molecule has 2 heterocycles. The topological polar surface area (TPSA) is 69.6 Å². The van der Waals surface area contributed by atoms with Gasteiger partial charge < -0.3 is 4.52 Å². The first-order valence-electron chi connectivity index (χ1n) is 5.76. The molecule has 0 aliphatic carbocycles. The number of hydrogen-bond acceptors (Lipinski definition) is 5. The van der Waals surface area contributed by atoms with Gasteiger partial charge in [0.05, 0.1) is 5.56 Å². The maximum absolute atomic E-state index is 13.8. The Labute approximate surface area is 133 Å². The fraction of sp³-hybridized carbons (Fsp3) is 0.167. The predicted octanol–water partition coefficient (Wildman–Crippen LogP) is 3.01. The van der Waals surface area contributed by atoms with Crippen molar-refractivity contribution < 1.29 is 8.91 Å². The molecule has 0 saturated heterocycles. The highest BCUT2D eigenvalue weighted by atomic mass is 79.9. The molecule has 0 radical (unpaired) electrons. The fourth-order valence-corrected chi connectivity index (χ4v) is 2.03. The molecule has 110 valence electrons. The maximum Gasteiger partial charge on any atom is 0.248 e. The van der Waals surface area contributed by atoms with Gasteiger partial charge >= 0.3 is 0 Å². The van der Waals surface area contributed by atoms with Crippen LogP contribution < -0.4 is 0 Å². The molecular formula is C12H10BrClFN5O. The Morgan fingerprint density at radius 1 is 1.38 bits per heavy atom. The van der Waals surface area contributed by atoms with Crippen LogP contribution in [-0.2, 0) is 6.54 Å². The van der Waals surface area contributed by atoms with Gasteiger partial charge in [0, 0.05) is 4.47 Å². The Bertz CT molecular complexity index is 760. The van der Waals surface area contributed by atoms with Crippen LogP contribution >= 0.6 is 28.3 Å². The molecule has 0 fully saturated rings. The SMILES string of the molecule is Cc1ncn(Cc2nc(-c3ccc(Br)cc3F)no2)n1.Cl. The average Bonchev–Trinajstić information content (AvgIpc) is 2.99. The lowest BCUT2D eigenvalue weighted by molar-refractivity contribution is 0.365. The number of hydrogen-bond donors (Lipinski definition) is 0. The quantitative estimate of drug-likeness (QED) is 0.705. The minimum atomic E-state index is -0.414. The molecule has 0 aliphatic heterocycles. The van der Waals surface area contributed by atoms with Gasteiger partial charge in [-0.25, -0.2) is 14.1 Å². The van der Waals surface area contributed by atoms with E-state index >= 15 is 0 Å². The van der Waals surface area contributed by atoms with Crippen LogP contribution in [0.4, 0.5) is 4.39 Å². The second-order valence-corrected chi connectivity index (χ2v) is 5.04. The molecule has 1 aromatic carbocycles. The van der Waals surface area contributed by atoms with Crippen molar-refractivity contribution in [3.63, 3.8) is 0 Å². The zero-order valence-electron chi connectivity index (χ0n) is 10.8.